The smallest absolute Gasteiger partial charge is 0.339 e. The van der Waals surface area contributed by atoms with Gasteiger partial charge < -0.3 is 19.9 Å². The average molecular weight is 487 g/mol. The number of hydrogen-bond acceptors (Lipinski definition) is 6. The van der Waals surface area contributed by atoms with Crippen LogP contribution in [0.4, 0.5) is 0 Å². The minimum absolute atomic E-state index is 0.265. The van der Waals surface area contributed by atoms with Crippen LogP contribution in [0.25, 0.3) is 0 Å². The van der Waals surface area contributed by atoms with Gasteiger partial charge in [0.1, 0.15) is 11.9 Å². The Balaban J connectivity index is 1.68. The maximum absolute atomic E-state index is 12.6. The highest BCUT2D eigenvalue weighted by Gasteiger charge is 2.68. The lowest BCUT2D eigenvalue weighted by Gasteiger charge is -2.32. The van der Waals surface area contributed by atoms with Gasteiger partial charge in [0.2, 0.25) is 0 Å². The molecule has 3 aliphatic rings. The van der Waals surface area contributed by atoms with Gasteiger partial charge in [-0.15, -0.1) is 0 Å². The van der Waals surface area contributed by atoms with Crippen LogP contribution in [-0.2, 0) is 19.1 Å². The number of carbonyl (C=O) groups excluding carboxylic acids is 3. The van der Waals surface area contributed by atoms with Crippen LogP contribution in [0.1, 0.15) is 17.3 Å². The molecule has 5 atom stereocenters. The number of carbonyl (C=O) groups is 3. The molecule has 26 heavy (non-hydrogen) atoms. The molecule has 136 valence electrons. The van der Waals surface area contributed by atoms with Crippen molar-refractivity contribution in [2.75, 3.05) is 0 Å². The molecule has 1 aromatic carbocycles. The molecule has 0 aromatic heterocycles. The lowest BCUT2D eigenvalue weighted by molar-refractivity contribution is -0.158. The van der Waals surface area contributed by atoms with E-state index >= 15 is 0 Å². The van der Waals surface area contributed by atoms with E-state index in [9.17, 15) is 19.5 Å². The zero-order valence-corrected chi connectivity index (χ0v) is 16.5. The monoisotopic (exact) mass is 485 g/mol. The molecular formula is C17H13Br2NO6. The number of hydrogen-bond donors (Lipinski definition) is 2. The molecule has 1 aromatic rings. The van der Waals surface area contributed by atoms with E-state index in [1.165, 1.54) is 6.92 Å². The predicted molar refractivity (Wildman–Crippen MR) is 94.8 cm³/mol. The second-order valence-corrected chi connectivity index (χ2v) is 8.46. The molecule has 0 spiro atoms. The summed E-state index contributed by atoms with van der Waals surface area (Å²) in [5, 5.41) is 13.7. The van der Waals surface area contributed by atoms with Gasteiger partial charge in [-0.1, -0.05) is 15.9 Å². The Morgan fingerprint density at radius 2 is 2.08 bits per heavy atom. The van der Waals surface area contributed by atoms with Gasteiger partial charge in [0, 0.05) is 14.9 Å². The lowest BCUT2D eigenvalue weighted by Crippen LogP contribution is -2.51. The molecule has 9 heteroatoms. The zero-order valence-electron chi connectivity index (χ0n) is 13.4. The Labute approximate surface area is 165 Å². The number of aliphatic hydroxyl groups is 1. The predicted octanol–water partition coefficient (Wildman–Crippen LogP) is 1.67. The molecule has 0 bridgehead atoms. The van der Waals surface area contributed by atoms with Crippen molar-refractivity contribution in [2.24, 2.45) is 11.8 Å². The van der Waals surface area contributed by atoms with Gasteiger partial charge in [0.15, 0.2) is 6.10 Å². The van der Waals surface area contributed by atoms with Crippen LogP contribution in [0.3, 0.4) is 0 Å². The highest BCUT2D eigenvalue weighted by atomic mass is 79.9. The van der Waals surface area contributed by atoms with Crippen LogP contribution in [0.2, 0.25) is 0 Å². The van der Waals surface area contributed by atoms with Crippen LogP contribution >= 0.6 is 31.9 Å². The Morgan fingerprint density at radius 1 is 1.35 bits per heavy atom. The maximum Gasteiger partial charge on any atom is 0.339 e. The molecule has 2 N–H and O–H groups in total. The van der Waals surface area contributed by atoms with Crippen molar-refractivity contribution >= 4 is 49.7 Å². The molecule has 1 saturated carbocycles. The third kappa shape index (κ3) is 2.44. The van der Waals surface area contributed by atoms with E-state index in [1.807, 2.05) is 0 Å². The fraction of sp³-hybridized carbons (Fsp3) is 0.353. The van der Waals surface area contributed by atoms with Crippen LogP contribution in [0.15, 0.2) is 39.0 Å². The molecule has 4 rings (SSSR count). The Hall–Kier alpha value is -1.71. The van der Waals surface area contributed by atoms with Crippen molar-refractivity contribution in [3.8, 4) is 0 Å². The van der Waals surface area contributed by atoms with Crippen molar-refractivity contribution in [1.82, 2.24) is 5.32 Å². The fourth-order valence-electron chi connectivity index (χ4n) is 3.96. The van der Waals surface area contributed by atoms with Gasteiger partial charge in [-0.05, 0) is 41.1 Å². The van der Waals surface area contributed by atoms with Crippen LogP contribution in [-0.4, -0.2) is 40.7 Å². The van der Waals surface area contributed by atoms with E-state index in [2.05, 4.69) is 37.2 Å². The minimum atomic E-state index is -1.68. The summed E-state index contributed by atoms with van der Waals surface area (Å²) in [4.78, 5) is 36.9. The average Bonchev–Trinajstić information content (AvgIpc) is 2.98. The number of benzene rings is 1. The lowest BCUT2D eigenvalue weighted by atomic mass is 9.82. The third-order valence-electron chi connectivity index (χ3n) is 5.14. The molecule has 0 radical (unpaired) electrons. The molecule has 2 aliphatic heterocycles. The van der Waals surface area contributed by atoms with E-state index in [0.29, 0.717) is 4.47 Å². The summed E-state index contributed by atoms with van der Waals surface area (Å²) in [5.41, 5.74) is -1.14. The Kier molecular flexibility index (Phi) is 4.01. The SMILES string of the molecule is C[C@]1(O)[C@@H](OC(=O)c2ccc(Br)cc2Br)[C@H]2NC(=O)C3=COC(=O)[C@H]1[C@@H]32. The van der Waals surface area contributed by atoms with Gasteiger partial charge in [-0.2, -0.15) is 0 Å². The van der Waals surface area contributed by atoms with E-state index in [0.717, 1.165) is 10.7 Å². The summed E-state index contributed by atoms with van der Waals surface area (Å²) < 4.78 is 11.8. The second-order valence-electron chi connectivity index (χ2n) is 6.69. The molecule has 1 amide bonds. The second kappa shape index (κ2) is 5.90. The van der Waals surface area contributed by atoms with E-state index in [-0.39, 0.29) is 17.0 Å². The number of cyclic esters (lactones) is 1. The number of rotatable bonds is 2. The van der Waals surface area contributed by atoms with E-state index < -0.39 is 41.5 Å². The molecule has 0 unspecified atom stereocenters. The first kappa shape index (κ1) is 17.7. The van der Waals surface area contributed by atoms with Crippen molar-refractivity contribution in [3.05, 3.63) is 44.5 Å². The number of ether oxygens (including phenoxy) is 2. The summed E-state index contributed by atoms with van der Waals surface area (Å²) in [6, 6.07) is 4.25. The van der Waals surface area contributed by atoms with Gasteiger partial charge >= 0.3 is 11.9 Å². The van der Waals surface area contributed by atoms with Gasteiger partial charge in [0.25, 0.3) is 5.91 Å². The Bertz CT molecular complexity index is 880. The molecule has 1 saturated heterocycles. The van der Waals surface area contributed by atoms with Crippen molar-refractivity contribution in [3.63, 3.8) is 0 Å². The zero-order chi connectivity index (χ0) is 18.8. The number of halogens is 2. The standard InChI is InChI=1S/C17H13Br2NO6/c1-17(24)11-10-8(5-25-16(11)23)14(21)20-12(10)13(17)26-15(22)7-3-2-6(18)4-9(7)19/h2-5,10-13,24H,1H3,(H,20,21)/t10-,11-,12+,13+,17-/m1/s1. The van der Waals surface area contributed by atoms with E-state index in [4.69, 9.17) is 9.47 Å². The highest BCUT2D eigenvalue weighted by molar-refractivity contribution is 9.11. The number of nitrogens with one attached hydrogen (secondary N) is 1. The van der Waals surface area contributed by atoms with Crippen molar-refractivity contribution in [1.29, 1.82) is 0 Å². The summed E-state index contributed by atoms with van der Waals surface area (Å²) in [6.07, 6.45) is 0.0192. The van der Waals surface area contributed by atoms with Gasteiger partial charge in [-0.3, -0.25) is 9.59 Å². The summed E-state index contributed by atoms with van der Waals surface area (Å²) >= 11 is 6.61. The van der Waals surface area contributed by atoms with Gasteiger partial charge in [-0.25, -0.2) is 4.79 Å². The molecule has 7 nitrogen and oxygen atoms in total. The number of amides is 1. The first-order valence-corrected chi connectivity index (χ1v) is 9.40. The van der Waals surface area contributed by atoms with Gasteiger partial charge in [0.05, 0.1) is 23.1 Å². The molecule has 2 fully saturated rings. The van der Waals surface area contributed by atoms with Crippen LogP contribution in [0, 0.1) is 11.8 Å². The summed E-state index contributed by atoms with van der Waals surface area (Å²) in [7, 11) is 0. The fourth-order valence-corrected chi connectivity index (χ4v) is 5.17. The van der Waals surface area contributed by atoms with E-state index in [1.54, 1.807) is 18.2 Å². The highest BCUT2D eigenvalue weighted by Crippen LogP contribution is 2.50. The molecule has 1 aliphatic carbocycles. The first-order valence-electron chi connectivity index (χ1n) is 7.81. The normalized spacial score (nSPS) is 34.7. The maximum atomic E-state index is 12.6. The largest absolute Gasteiger partial charge is 0.453 e. The minimum Gasteiger partial charge on any atom is -0.453 e. The van der Waals surface area contributed by atoms with Crippen LogP contribution in [0.5, 0.6) is 0 Å². The summed E-state index contributed by atoms with van der Waals surface area (Å²) in [6.45, 7) is 1.42. The number of esters is 2. The molecule has 2 heterocycles. The van der Waals surface area contributed by atoms with Crippen molar-refractivity contribution in [2.45, 2.75) is 24.7 Å². The Morgan fingerprint density at radius 3 is 2.77 bits per heavy atom. The quantitative estimate of drug-likeness (QED) is 0.616. The van der Waals surface area contributed by atoms with Crippen LogP contribution < -0.4 is 5.32 Å². The third-order valence-corrected chi connectivity index (χ3v) is 6.29. The summed E-state index contributed by atoms with van der Waals surface area (Å²) in [5.74, 6) is -3.29. The topological polar surface area (TPSA) is 102 Å². The first-order chi connectivity index (χ1) is 12.2. The molecular weight excluding hydrogens is 474 g/mol. The van der Waals surface area contributed by atoms with Crippen molar-refractivity contribution < 1.29 is 29.0 Å².